The molecule has 7 nitrogen and oxygen atoms in total. The minimum Gasteiger partial charge on any atom is -0.465 e. The molecule has 0 spiro atoms. The Morgan fingerprint density at radius 3 is 3.09 bits per heavy atom. The number of anilines is 1. The van der Waals surface area contributed by atoms with Crippen LogP contribution in [0, 0.1) is 5.92 Å². The lowest BCUT2D eigenvalue weighted by Gasteiger charge is -2.16. The van der Waals surface area contributed by atoms with E-state index in [9.17, 15) is 9.59 Å². The molecule has 0 saturated carbocycles. The molecule has 1 saturated heterocycles. The number of rotatable bonds is 4. The fraction of sp³-hybridized carbons (Fsp3) is 0.571. The summed E-state index contributed by atoms with van der Waals surface area (Å²) in [6, 6.07) is 0. The summed E-state index contributed by atoms with van der Waals surface area (Å²) in [7, 11) is 1.36. The molecule has 0 aromatic carbocycles. The van der Waals surface area contributed by atoms with Gasteiger partial charge in [0.1, 0.15) is 5.00 Å². The lowest BCUT2D eigenvalue weighted by molar-refractivity contribution is -0.117. The highest BCUT2D eigenvalue weighted by molar-refractivity contribution is 7.17. The minimum atomic E-state index is -0.374. The van der Waals surface area contributed by atoms with E-state index in [1.807, 2.05) is 0 Å². The SMILES string of the molecule is COC(=O)c1c(N2CC(CN=[N+]=[N-])CC2=O)sc2c1CCC2. The van der Waals surface area contributed by atoms with Gasteiger partial charge in [0.25, 0.3) is 0 Å². The number of ether oxygens (including phenoxy) is 1. The molecule has 1 unspecified atom stereocenters. The van der Waals surface area contributed by atoms with Crippen LogP contribution in [0.4, 0.5) is 5.00 Å². The molecule has 1 aromatic heterocycles. The average molecular weight is 320 g/mol. The van der Waals surface area contributed by atoms with E-state index in [0.717, 1.165) is 24.8 Å². The molecule has 0 N–H and O–H groups in total. The second kappa shape index (κ2) is 5.98. The molecule has 0 bridgehead atoms. The van der Waals surface area contributed by atoms with Gasteiger partial charge in [0, 0.05) is 29.3 Å². The van der Waals surface area contributed by atoms with Crippen LogP contribution in [0.25, 0.3) is 10.4 Å². The van der Waals surface area contributed by atoms with Crippen LogP contribution in [0.1, 0.15) is 33.6 Å². The van der Waals surface area contributed by atoms with Crippen LogP contribution in [0.15, 0.2) is 5.11 Å². The van der Waals surface area contributed by atoms with Gasteiger partial charge in [0.05, 0.1) is 12.7 Å². The number of methoxy groups -OCH3 is 1. The number of azide groups is 1. The molecule has 1 aliphatic heterocycles. The quantitative estimate of drug-likeness (QED) is 0.369. The van der Waals surface area contributed by atoms with Crippen molar-refractivity contribution in [1.29, 1.82) is 0 Å². The standard InChI is InChI=1S/C14H16N4O3S/c1-21-14(20)12-9-3-2-4-10(9)22-13(12)18-7-8(5-11(18)19)6-16-17-15/h8H,2-7H2,1H3. The molecule has 1 aromatic rings. The third kappa shape index (κ3) is 2.44. The number of carbonyl (C=O) groups excluding carboxylic acids is 2. The molecule has 2 heterocycles. The summed E-state index contributed by atoms with van der Waals surface area (Å²) in [6.07, 6.45) is 3.20. The normalized spacial score (nSPS) is 20.0. The van der Waals surface area contributed by atoms with Gasteiger partial charge in [-0.1, -0.05) is 5.11 Å². The first kappa shape index (κ1) is 14.9. The average Bonchev–Trinajstić information content (AvgIpc) is 3.17. The van der Waals surface area contributed by atoms with Crippen LogP contribution < -0.4 is 4.90 Å². The van der Waals surface area contributed by atoms with Crippen molar-refractivity contribution in [3.63, 3.8) is 0 Å². The molecule has 1 amide bonds. The first-order valence-corrected chi connectivity index (χ1v) is 8.01. The van der Waals surface area contributed by atoms with Gasteiger partial charge < -0.3 is 9.64 Å². The lowest BCUT2D eigenvalue weighted by Crippen LogP contribution is -2.26. The number of hydrogen-bond acceptors (Lipinski definition) is 5. The van der Waals surface area contributed by atoms with E-state index in [0.29, 0.717) is 30.1 Å². The minimum absolute atomic E-state index is 0.00541. The molecular weight excluding hydrogens is 304 g/mol. The maximum Gasteiger partial charge on any atom is 0.341 e. The first-order chi connectivity index (χ1) is 10.7. The van der Waals surface area contributed by atoms with Crippen LogP contribution in [-0.2, 0) is 22.4 Å². The van der Waals surface area contributed by atoms with Crippen molar-refractivity contribution in [2.75, 3.05) is 25.1 Å². The molecular formula is C14H16N4O3S. The summed E-state index contributed by atoms with van der Waals surface area (Å²) in [4.78, 5) is 30.0. The summed E-state index contributed by atoms with van der Waals surface area (Å²) < 4.78 is 4.91. The second-order valence-corrected chi connectivity index (χ2v) is 6.60. The van der Waals surface area contributed by atoms with Gasteiger partial charge in [0.15, 0.2) is 0 Å². The number of hydrogen-bond donors (Lipinski definition) is 0. The van der Waals surface area contributed by atoms with Gasteiger partial charge in [-0.25, -0.2) is 4.79 Å². The number of carbonyl (C=O) groups is 2. The summed E-state index contributed by atoms with van der Waals surface area (Å²) in [5.74, 6) is -0.394. The van der Waals surface area contributed by atoms with Gasteiger partial charge in [-0.3, -0.25) is 4.79 Å². The van der Waals surface area contributed by atoms with E-state index in [1.54, 1.807) is 4.90 Å². The van der Waals surface area contributed by atoms with E-state index in [2.05, 4.69) is 10.0 Å². The van der Waals surface area contributed by atoms with Crippen LogP contribution >= 0.6 is 11.3 Å². The van der Waals surface area contributed by atoms with Crippen molar-refractivity contribution in [2.24, 2.45) is 11.0 Å². The predicted octanol–water partition coefficient (Wildman–Crippen LogP) is 2.69. The third-order valence-corrected chi connectivity index (χ3v) is 5.46. The van der Waals surface area contributed by atoms with Crippen LogP contribution in [-0.4, -0.2) is 32.1 Å². The van der Waals surface area contributed by atoms with Crippen molar-refractivity contribution in [3.8, 4) is 0 Å². The molecule has 1 atom stereocenters. The van der Waals surface area contributed by atoms with Crippen molar-refractivity contribution >= 4 is 28.2 Å². The highest BCUT2D eigenvalue weighted by Crippen LogP contribution is 2.43. The smallest absolute Gasteiger partial charge is 0.341 e. The van der Waals surface area contributed by atoms with Gasteiger partial charge >= 0.3 is 5.97 Å². The Bertz CT molecular complexity index is 678. The van der Waals surface area contributed by atoms with Gasteiger partial charge in [0.2, 0.25) is 5.91 Å². The Kier molecular flexibility index (Phi) is 4.04. The Labute approximate surface area is 131 Å². The monoisotopic (exact) mass is 320 g/mol. The summed E-state index contributed by atoms with van der Waals surface area (Å²) >= 11 is 1.52. The molecule has 116 valence electrons. The molecule has 1 aliphatic carbocycles. The summed E-state index contributed by atoms with van der Waals surface area (Å²) in [5.41, 5.74) is 10.00. The number of fused-ring (bicyclic) bond motifs is 1. The molecule has 2 aliphatic rings. The van der Waals surface area contributed by atoms with E-state index in [1.165, 1.54) is 23.3 Å². The fourth-order valence-electron chi connectivity index (χ4n) is 3.14. The maximum atomic E-state index is 12.3. The van der Waals surface area contributed by atoms with Crippen molar-refractivity contribution in [2.45, 2.75) is 25.7 Å². The highest BCUT2D eigenvalue weighted by Gasteiger charge is 2.36. The van der Waals surface area contributed by atoms with E-state index in [-0.39, 0.29) is 17.8 Å². The Morgan fingerprint density at radius 1 is 1.55 bits per heavy atom. The van der Waals surface area contributed by atoms with E-state index >= 15 is 0 Å². The topological polar surface area (TPSA) is 95.4 Å². The second-order valence-electron chi connectivity index (χ2n) is 5.52. The Hall–Kier alpha value is -2.05. The molecule has 0 radical (unpaired) electrons. The zero-order valence-corrected chi connectivity index (χ0v) is 13.1. The zero-order chi connectivity index (χ0) is 15.7. The van der Waals surface area contributed by atoms with Crippen molar-refractivity contribution < 1.29 is 14.3 Å². The summed E-state index contributed by atoms with van der Waals surface area (Å²) in [5, 5.41) is 4.25. The third-order valence-electron chi connectivity index (χ3n) is 4.15. The first-order valence-electron chi connectivity index (χ1n) is 7.19. The number of aryl methyl sites for hydroxylation is 1. The molecule has 3 rings (SSSR count). The number of thiophene rings is 1. The van der Waals surface area contributed by atoms with Crippen molar-refractivity contribution in [1.82, 2.24) is 0 Å². The summed E-state index contributed by atoms with van der Waals surface area (Å²) in [6.45, 7) is 0.790. The van der Waals surface area contributed by atoms with Crippen LogP contribution in [0.5, 0.6) is 0 Å². The Balaban J connectivity index is 1.93. The molecule has 1 fully saturated rings. The largest absolute Gasteiger partial charge is 0.465 e. The van der Waals surface area contributed by atoms with Crippen LogP contribution in [0.3, 0.4) is 0 Å². The number of nitrogens with zero attached hydrogens (tertiary/aromatic N) is 4. The van der Waals surface area contributed by atoms with Crippen LogP contribution in [0.2, 0.25) is 0 Å². The molecule has 8 heteroatoms. The van der Waals surface area contributed by atoms with Gasteiger partial charge in [-0.05, 0) is 36.3 Å². The van der Waals surface area contributed by atoms with Gasteiger partial charge in [-0.2, -0.15) is 0 Å². The zero-order valence-electron chi connectivity index (χ0n) is 12.2. The highest BCUT2D eigenvalue weighted by atomic mass is 32.1. The van der Waals surface area contributed by atoms with Crippen molar-refractivity contribution in [3.05, 3.63) is 26.4 Å². The Morgan fingerprint density at radius 2 is 2.36 bits per heavy atom. The fourth-order valence-corrected chi connectivity index (χ4v) is 4.55. The number of esters is 1. The maximum absolute atomic E-state index is 12.3. The molecule has 22 heavy (non-hydrogen) atoms. The lowest BCUT2D eigenvalue weighted by atomic mass is 10.1. The van der Waals surface area contributed by atoms with E-state index < -0.39 is 0 Å². The predicted molar refractivity (Wildman–Crippen MR) is 82.2 cm³/mol. The van der Waals surface area contributed by atoms with E-state index in [4.69, 9.17) is 10.3 Å². The van der Waals surface area contributed by atoms with Gasteiger partial charge in [-0.15, -0.1) is 11.3 Å². The number of amides is 1.